The number of nitrogens with zero attached hydrogens (tertiary/aromatic N) is 2. The van der Waals surface area contributed by atoms with Crippen molar-refractivity contribution in [2.75, 3.05) is 20.1 Å². The molecule has 0 atom stereocenters. The van der Waals surface area contributed by atoms with Gasteiger partial charge in [0.15, 0.2) is 5.96 Å². The van der Waals surface area contributed by atoms with Crippen LogP contribution >= 0.6 is 24.0 Å². The molecule has 0 aliphatic heterocycles. The summed E-state index contributed by atoms with van der Waals surface area (Å²) < 4.78 is 0. The third-order valence-corrected chi connectivity index (χ3v) is 2.17. The number of halogens is 1. The SMILES string of the molecule is CCCNC(=NC)NCCc1ccccn1.I. The van der Waals surface area contributed by atoms with E-state index in [2.05, 4.69) is 27.5 Å². The van der Waals surface area contributed by atoms with Crippen molar-refractivity contribution in [1.29, 1.82) is 0 Å². The van der Waals surface area contributed by atoms with Gasteiger partial charge in [-0.1, -0.05) is 13.0 Å². The molecule has 0 amide bonds. The second-order valence-electron chi connectivity index (χ2n) is 3.50. The van der Waals surface area contributed by atoms with Gasteiger partial charge in [-0.05, 0) is 18.6 Å². The number of guanidine groups is 1. The summed E-state index contributed by atoms with van der Waals surface area (Å²) >= 11 is 0. The Bertz CT molecular complexity index is 314. The summed E-state index contributed by atoms with van der Waals surface area (Å²) in [6.45, 7) is 3.93. The van der Waals surface area contributed by atoms with Gasteiger partial charge in [-0.3, -0.25) is 9.98 Å². The minimum Gasteiger partial charge on any atom is -0.356 e. The van der Waals surface area contributed by atoms with Crippen LogP contribution in [0.15, 0.2) is 29.4 Å². The lowest BCUT2D eigenvalue weighted by atomic mass is 10.3. The Kier molecular flexibility index (Phi) is 9.80. The summed E-state index contributed by atoms with van der Waals surface area (Å²) in [5.74, 6) is 0.859. The summed E-state index contributed by atoms with van der Waals surface area (Å²) in [5.41, 5.74) is 1.10. The monoisotopic (exact) mass is 348 g/mol. The third kappa shape index (κ3) is 7.14. The molecule has 96 valence electrons. The van der Waals surface area contributed by atoms with E-state index in [1.54, 1.807) is 7.05 Å². The Balaban J connectivity index is 0.00000256. The van der Waals surface area contributed by atoms with Crippen molar-refractivity contribution in [1.82, 2.24) is 15.6 Å². The molecular weight excluding hydrogens is 327 g/mol. The zero-order chi connectivity index (χ0) is 11.6. The van der Waals surface area contributed by atoms with E-state index < -0.39 is 0 Å². The van der Waals surface area contributed by atoms with Crippen molar-refractivity contribution < 1.29 is 0 Å². The highest BCUT2D eigenvalue weighted by molar-refractivity contribution is 14.0. The molecule has 0 saturated carbocycles. The normalized spacial score (nSPS) is 10.6. The van der Waals surface area contributed by atoms with Gasteiger partial charge in [0.1, 0.15) is 0 Å². The van der Waals surface area contributed by atoms with E-state index >= 15 is 0 Å². The Morgan fingerprint density at radius 2 is 2.06 bits per heavy atom. The average Bonchev–Trinajstić information content (AvgIpc) is 2.35. The lowest BCUT2D eigenvalue weighted by Gasteiger charge is -2.10. The standard InChI is InChI=1S/C12H20N4.HI/c1-3-8-15-12(13-2)16-10-7-11-6-4-5-9-14-11;/h4-6,9H,3,7-8,10H2,1-2H3,(H2,13,15,16);1H. The summed E-state index contributed by atoms with van der Waals surface area (Å²) in [7, 11) is 1.78. The molecular formula is C12H21IN4. The largest absolute Gasteiger partial charge is 0.356 e. The van der Waals surface area contributed by atoms with Crippen LogP contribution in [0.2, 0.25) is 0 Å². The maximum Gasteiger partial charge on any atom is 0.190 e. The van der Waals surface area contributed by atoms with Crippen LogP contribution in [0.5, 0.6) is 0 Å². The van der Waals surface area contributed by atoms with E-state index in [1.165, 1.54) is 0 Å². The quantitative estimate of drug-likeness (QED) is 0.485. The first-order valence-electron chi connectivity index (χ1n) is 5.71. The number of aromatic nitrogens is 1. The van der Waals surface area contributed by atoms with Crippen LogP contribution in [0.3, 0.4) is 0 Å². The molecule has 0 radical (unpaired) electrons. The second-order valence-corrected chi connectivity index (χ2v) is 3.50. The van der Waals surface area contributed by atoms with Crippen molar-refractivity contribution in [3.8, 4) is 0 Å². The molecule has 0 bridgehead atoms. The van der Waals surface area contributed by atoms with E-state index in [1.807, 2.05) is 24.4 Å². The highest BCUT2D eigenvalue weighted by atomic mass is 127. The average molecular weight is 348 g/mol. The van der Waals surface area contributed by atoms with Gasteiger partial charge in [0.05, 0.1) is 0 Å². The Hall–Kier alpha value is -0.850. The van der Waals surface area contributed by atoms with E-state index in [0.29, 0.717) is 0 Å². The summed E-state index contributed by atoms with van der Waals surface area (Å²) in [4.78, 5) is 8.39. The van der Waals surface area contributed by atoms with Crippen molar-refractivity contribution in [2.45, 2.75) is 19.8 Å². The number of aliphatic imine (C=N–C) groups is 1. The van der Waals surface area contributed by atoms with Gasteiger partial charge in [-0.2, -0.15) is 0 Å². The van der Waals surface area contributed by atoms with Gasteiger partial charge in [-0.15, -0.1) is 24.0 Å². The van der Waals surface area contributed by atoms with Crippen LogP contribution in [-0.2, 0) is 6.42 Å². The molecule has 1 heterocycles. The molecule has 17 heavy (non-hydrogen) atoms. The molecule has 5 heteroatoms. The first-order valence-corrected chi connectivity index (χ1v) is 5.71. The van der Waals surface area contributed by atoms with Gasteiger partial charge < -0.3 is 10.6 Å². The van der Waals surface area contributed by atoms with Crippen LogP contribution in [0.4, 0.5) is 0 Å². The Morgan fingerprint density at radius 3 is 2.65 bits per heavy atom. The maximum atomic E-state index is 4.26. The fraction of sp³-hybridized carbons (Fsp3) is 0.500. The predicted octanol–water partition coefficient (Wildman–Crippen LogP) is 1.82. The highest BCUT2D eigenvalue weighted by Gasteiger charge is 1.96. The lowest BCUT2D eigenvalue weighted by Crippen LogP contribution is -2.38. The third-order valence-electron chi connectivity index (χ3n) is 2.17. The minimum atomic E-state index is 0. The van der Waals surface area contributed by atoms with Gasteiger partial charge in [-0.25, -0.2) is 0 Å². The number of hydrogen-bond acceptors (Lipinski definition) is 2. The molecule has 1 aromatic heterocycles. The van der Waals surface area contributed by atoms with Gasteiger partial charge in [0.25, 0.3) is 0 Å². The van der Waals surface area contributed by atoms with Crippen LogP contribution in [-0.4, -0.2) is 31.1 Å². The smallest absolute Gasteiger partial charge is 0.190 e. The molecule has 0 unspecified atom stereocenters. The first kappa shape index (κ1) is 16.1. The number of nitrogens with one attached hydrogen (secondary N) is 2. The molecule has 0 aromatic carbocycles. The van der Waals surface area contributed by atoms with Crippen LogP contribution in [0.25, 0.3) is 0 Å². The second kappa shape index (κ2) is 10.3. The molecule has 4 nitrogen and oxygen atoms in total. The van der Waals surface area contributed by atoms with E-state index in [0.717, 1.165) is 37.6 Å². The van der Waals surface area contributed by atoms with Crippen molar-refractivity contribution in [3.05, 3.63) is 30.1 Å². The van der Waals surface area contributed by atoms with E-state index in [9.17, 15) is 0 Å². The van der Waals surface area contributed by atoms with Crippen LogP contribution < -0.4 is 10.6 Å². The summed E-state index contributed by atoms with van der Waals surface area (Å²) in [5, 5.41) is 6.48. The zero-order valence-corrected chi connectivity index (χ0v) is 12.8. The fourth-order valence-corrected chi connectivity index (χ4v) is 1.32. The minimum absolute atomic E-state index is 0. The molecule has 0 spiro atoms. The fourth-order valence-electron chi connectivity index (χ4n) is 1.32. The maximum absolute atomic E-state index is 4.26. The van der Waals surface area contributed by atoms with Gasteiger partial charge >= 0.3 is 0 Å². The van der Waals surface area contributed by atoms with E-state index in [-0.39, 0.29) is 24.0 Å². The molecule has 1 rings (SSSR count). The van der Waals surface area contributed by atoms with Gasteiger partial charge in [0.2, 0.25) is 0 Å². The molecule has 1 aromatic rings. The lowest BCUT2D eigenvalue weighted by molar-refractivity contribution is 0.767. The molecule has 0 aliphatic rings. The van der Waals surface area contributed by atoms with Gasteiger partial charge in [0, 0.05) is 38.4 Å². The summed E-state index contributed by atoms with van der Waals surface area (Å²) in [6.07, 6.45) is 3.83. The number of hydrogen-bond donors (Lipinski definition) is 2. The van der Waals surface area contributed by atoms with Crippen molar-refractivity contribution >= 4 is 29.9 Å². The number of pyridine rings is 1. The molecule has 0 fully saturated rings. The van der Waals surface area contributed by atoms with Crippen LogP contribution in [0, 0.1) is 0 Å². The highest BCUT2D eigenvalue weighted by Crippen LogP contribution is 1.92. The zero-order valence-electron chi connectivity index (χ0n) is 10.4. The number of rotatable bonds is 5. The molecule has 2 N–H and O–H groups in total. The first-order chi connectivity index (χ1) is 7.86. The van der Waals surface area contributed by atoms with Crippen molar-refractivity contribution in [2.24, 2.45) is 4.99 Å². The molecule has 0 saturated heterocycles. The van der Waals surface area contributed by atoms with E-state index in [4.69, 9.17) is 0 Å². The Morgan fingerprint density at radius 1 is 1.29 bits per heavy atom. The topological polar surface area (TPSA) is 49.3 Å². The molecule has 0 aliphatic carbocycles. The predicted molar refractivity (Wildman–Crippen MR) is 83.0 cm³/mol. The van der Waals surface area contributed by atoms with Crippen LogP contribution in [0.1, 0.15) is 19.0 Å². The van der Waals surface area contributed by atoms with Crippen molar-refractivity contribution in [3.63, 3.8) is 0 Å². The summed E-state index contributed by atoms with van der Waals surface area (Å²) in [6, 6.07) is 5.97. The Labute approximate surface area is 120 Å².